The van der Waals surface area contributed by atoms with Crippen LogP contribution in [0.5, 0.6) is 0 Å². The number of hydrogen-bond donors (Lipinski definition) is 2. The number of nitrogens with one attached hydrogen (secondary N) is 1. The van der Waals surface area contributed by atoms with Gasteiger partial charge in [-0.1, -0.05) is 58.2 Å². The summed E-state index contributed by atoms with van der Waals surface area (Å²) in [5, 5.41) is 7.67. The summed E-state index contributed by atoms with van der Waals surface area (Å²) in [5.41, 5.74) is 6.96. The van der Waals surface area contributed by atoms with E-state index >= 15 is 0 Å². The SMILES string of the molecule is N/C(CC(=O)Nc1ccccc1Cl)=N/OCc1ccc(Cl)c(Cl)c1. The molecule has 0 fully saturated rings. The van der Waals surface area contributed by atoms with E-state index < -0.39 is 0 Å². The van der Waals surface area contributed by atoms with E-state index in [4.69, 9.17) is 45.4 Å². The summed E-state index contributed by atoms with van der Waals surface area (Å²) in [5.74, 6) is -0.304. The third-order valence-corrected chi connectivity index (χ3v) is 3.96. The number of carbonyl (C=O) groups excluding carboxylic acids is 1. The van der Waals surface area contributed by atoms with E-state index in [-0.39, 0.29) is 24.8 Å². The molecule has 126 valence electrons. The number of benzene rings is 2. The van der Waals surface area contributed by atoms with Gasteiger partial charge < -0.3 is 15.9 Å². The molecule has 0 aliphatic carbocycles. The van der Waals surface area contributed by atoms with Gasteiger partial charge in [-0.15, -0.1) is 0 Å². The molecule has 0 saturated carbocycles. The molecule has 0 bridgehead atoms. The highest BCUT2D eigenvalue weighted by Crippen LogP contribution is 2.23. The molecular formula is C16H14Cl3N3O2. The average Bonchev–Trinajstić information content (AvgIpc) is 2.53. The molecule has 2 aromatic rings. The minimum Gasteiger partial charge on any atom is -0.389 e. The van der Waals surface area contributed by atoms with Crippen molar-refractivity contribution >= 4 is 52.2 Å². The van der Waals surface area contributed by atoms with Crippen molar-refractivity contribution in [3.63, 3.8) is 0 Å². The fraction of sp³-hybridized carbons (Fsp3) is 0.125. The molecule has 2 aromatic carbocycles. The van der Waals surface area contributed by atoms with Gasteiger partial charge in [-0.25, -0.2) is 0 Å². The summed E-state index contributed by atoms with van der Waals surface area (Å²) < 4.78 is 0. The molecule has 5 nitrogen and oxygen atoms in total. The Morgan fingerprint density at radius 1 is 1.08 bits per heavy atom. The molecule has 0 unspecified atom stereocenters. The predicted octanol–water partition coefficient (Wildman–Crippen LogP) is 4.46. The van der Waals surface area contributed by atoms with E-state index in [1.165, 1.54) is 0 Å². The monoisotopic (exact) mass is 385 g/mol. The summed E-state index contributed by atoms with van der Waals surface area (Å²) in [6.45, 7) is 0.156. The number of nitrogens with zero attached hydrogens (tertiary/aromatic N) is 1. The lowest BCUT2D eigenvalue weighted by atomic mass is 10.2. The van der Waals surface area contributed by atoms with Crippen LogP contribution in [0.25, 0.3) is 0 Å². The van der Waals surface area contributed by atoms with Crippen molar-refractivity contribution in [3.05, 3.63) is 63.1 Å². The first-order valence-corrected chi connectivity index (χ1v) is 8.01. The van der Waals surface area contributed by atoms with Gasteiger partial charge in [0.15, 0.2) is 0 Å². The maximum Gasteiger partial charge on any atom is 0.232 e. The fourth-order valence-corrected chi connectivity index (χ4v) is 2.28. The zero-order valence-electron chi connectivity index (χ0n) is 12.4. The highest BCUT2D eigenvalue weighted by atomic mass is 35.5. The molecule has 0 spiro atoms. The van der Waals surface area contributed by atoms with Crippen molar-refractivity contribution in [3.8, 4) is 0 Å². The highest BCUT2D eigenvalue weighted by molar-refractivity contribution is 6.42. The largest absolute Gasteiger partial charge is 0.389 e. The van der Waals surface area contributed by atoms with E-state index in [9.17, 15) is 4.79 Å². The van der Waals surface area contributed by atoms with Crippen molar-refractivity contribution < 1.29 is 9.63 Å². The standard InChI is InChI=1S/C16H14Cl3N3O2/c17-11-6-5-10(7-13(11)19)9-24-22-15(20)8-16(23)21-14-4-2-1-3-12(14)18/h1-7H,8-9H2,(H2,20,22)(H,21,23). The van der Waals surface area contributed by atoms with Gasteiger partial charge in [0.05, 0.1) is 27.2 Å². The first-order chi connectivity index (χ1) is 11.5. The van der Waals surface area contributed by atoms with E-state index in [1.807, 2.05) is 0 Å². The zero-order valence-corrected chi connectivity index (χ0v) is 14.7. The maximum absolute atomic E-state index is 11.9. The van der Waals surface area contributed by atoms with Gasteiger partial charge >= 0.3 is 0 Å². The summed E-state index contributed by atoms with van der Waals surface area (Å²) in [6, 6.07) is 12.0. The molecule has 1 amide bonds. The van der Waals surface area contributed by atoms with Crippen molar-refractivity contribution in [2.45, 2.75) is 13.0 Å². The van der Waals surface area contributed by atoms with Crippen LogP contribution in [0.15, 0.2) is 47.6 Å². The Morgan fingerprint density at radius 3 is 2.54 bits per heavy atom. The first kappa shape index (κ1) is 18.4. The maximum atomic E-state index is 11.9. The number of halogens is 3. The molecule has 0 radical (unpaired) electrons. The van der Waals surface area contributed by atoms with Gasteiger partial charge in [-0.3, -0.25) is 4.79 Å². The normalized spacial score (nSPS) is 11.2. The van der Waals surface area contributed by atoms with Crippen molar-refractivity contribution in [1.82, 2.24) is 0 Å². The second-order valence-electron chi connectivity index (χ2n) is 4.81. The highest BCUT2D eigenvalue weighted by Gasteiger charge is 2.08. The fourth-order valence-electron chi connectivity index (χ4n) is 1.77. The number of nitrogens with two attached hydrogens (primary N) is 1. The summed E-state index contributed by atoms with van der Waals surface area (Å²) in [4.78, 5) is 17.0. The minimum atomic E-state index is -0.345. The Hall–Kier alpha value is -1.95. The Kier molecular flexibility index (Phi) is 6.73. The van der Waals surface area contributed by atoms with Gasteiger partial charge in [0.1, 0.15) is 12.4 Å². The molecule has 0 saturated heterocycles. The molecular weight excluding hydrogens is 373 g/mol. The van der Waals surface area contributed by atoms with Crippen LogP contribution < -0.4 is 11.1 Å². The van der Waals surface area contributed by atoms with Crippen LogP contribution in [-0.2, 0) is 16.2 Å². The van der Waals surface area contributed by atoms with Crippen LogP contribution in [0.3, 0.4) is 0 Å². The molecule has 0 aliphatic heterocycles. The second kappa shape index (κ2) is 8.78. The number of hydrogen-bond acceptors (Lipinski definition) is 3. The molecule has 3 N–H and O–H groups in total. The van der Waals surface area contributed by atoms with E-state index in [2.05, 4.69) is 10.5 Å². The van der Waals surface area contributed by atoms with Crippen LogP contribution in [0.4, 0.5) is 5.69 Å². The van der Waals surface area contributed by atoms with E-state index in [1.54, 1.807) is 42.5 Å². The number of amides is 1. The minimum absolute atomic E-state index is 0.0413. The summed E-state index contributed by atoms with van der Waals surface area (Å²) in [7, 11) is 0. The van der Waals surface area contributed by atoms with Crippen molar-refractivity contribution in [2.75, 3.05) is 5.32 Å². The third kappa shape index (κ3) is 5.60. The average molecular weight is 387 g/mol. The Labute approximate surface area is 154 Å². The quantitative estimate of drug-likeness (QED) is 0.437. The molecule has 0 aliphatic rings. The van der Waals surface area contributed by atoms with Gasteiger partial charge in [0.25, 0.3) is 0 Å². The summed E-state index contributed by atoms with van der Waals surface area (Å²) in [6.07, 6.45) is -0.118. The van der Waals surface area contributed by atoms with Crippen molar-refractivity contribution in [1.29, 1.82) is 0 Å². The van der Waals surface area contributed by atoms with E-state index in [0.717, 1.165) is 5.56 Å². The summed E-state index contributed by atoms with van der Waals surface area (Å²) >= 11 is 17.7. The van der Waals surface area contributed by atoms with Gasteiger partial charge in [0, 0.05) is 0 Å². The number of carbonyl (C=O) groups is 1. The van der Waals surface area contributed by atoms with Crippen LogP contribution in [0, 0.1) is 0 Å². The molecule has 0 aromatic heterocycles. The smallest absolute Gasteiger partial charge is 0.232 e. The molecule has 24 heavy (non-hydrogen) atoms. The predicted molar refractivity (Wildman–Crippen MR) is 97.6 cm³/mol. The van der Waals surface area contributed by atoms with Gasteiger partial charge in [-0.2, -0.15) is 0 Å². The zero-order chi connectivity index (χ0) is 17.5. The van der Waals surface area contributed by atoms with Crippen LogP contribution >= 0.6 is 34.8 Å². The van der Waals surface area contributed by atoms with Crippen LogP contribution in [0.1, 0.15) is 12.0 Å². The topological polar surface area (TPSA) is 76.7 Å². The Balaban J connectivity index is 1.84. The Morgan fingerprint density at radius 2 is 1.83 bits per heavy atom. The second-order valence-corrected chi connectivity index (χ2v) is 6.03. The molecule has 0 atom stereocenters. The number of rotatable bonds is 6. The molecule has 2 rings (SSSR count). The molecule has 0 heterocycles. The number of oxime groups is 1. The van der Waals surface area contributed by atoms with E-state index in [0.29, 0.717) is 20.8 Å². The lowest BCUT2D eigenvalue weighted by Crippen LogP contribution is -2.22. The van der Waals surface area contributed by atoms with Crippen LogP contribution in [-0.4, -0.2) is 11.7 Å². The molecule has 8 heteroatoms. The lowest BCUT2D eigenvalue weighted by Gasteiger charge is -2.07. The number of para-hydroxylation sites is 1. The van der Waals surface area contributed by atoms with Gasteiger partial charge in [0.2, 0.25) is 5.91 Å². The lowest BCUT2D eigenvalue weighted by molar-refractivity contribution is -0.115. The first-order valence-electron chi connectivity index (χ1n) is 6.88. The van der Waals surface area contributed by atoms with Crippen molar-refractivity contribution in [2.24, 2.45) is 10.9 Å². The third-order valence-electron chi connectivity index (χ3n) is 2.89. The number of amidine groups is 1. The number of anilines is 1. The Bertz CT molecular complexity index is 766. The van der Waals surface area contributed by atoms with Gasteiger partial charge in [-0.05, 0) is 29.8 Å². The van der Waals surface area contributed by atoms with Crippen LogP contribution in [0.2, 0.25) is 15.1 Å².